The molecule has 2 aliphatic heterocycles. The molecule has 2 bridgehead atoms. The monoisotopic (exact) mass is 251 g/mol. The molecular weight excluding hydrogens is 234 g/mol. The zero-order valence-electron chi connectivity index (χ0n) is 10.1. The fourth-order valence-corrected chi connectivity index (χ4v) is 3.17. The van der Waals surface area contributed by atoms with Gasteiger partial charge in [-0.15, -0.1) is 0 Å². The second kappa shape index (κ2) is 4.46. The first-order valence-corrected chi connectivity index (χ1v) is 6.70. The molecule has 0 spiro atoms. The molecule has 1 aromatic rings. The number of rotatable bonds is 1. The second-order valence-corrected chi connectivity index (χ2v) is 5.58. The first-order chi connectivity index (χ1) is 8.24. The van der Waals surface area contributed by atoms with Gasteiger partial charge >= 0.3 is 0 Å². The van der Waals surface area contributed by atoms with Gasteiger partial charge in [0.15, 0.2) is 0 Å². The largest absolute Gasteiger partial charge is 0.353 e. The number of piperazine rings is 1. The molecule has 0 aromatic carbocycles. The molecule has 2 saturated heterocycles. The SMILES string of the molecule is CN1C2CCCC1CN(c1ccc(Cl)cn1)C2. The topological polar surface area (TPSA) is 19.4 Å². The molecule has 3 heterocycles. The lowest BCUT2D eigenvalue weighted by molar-refractivity contribution is 0.0947. The van der Waals surface area contributed by atoms with E-state index in [-0.39, 0.29) is 0 Å². The van der Waals surface area contributed by atoms with Crippen molar-refractivity contribution < 1.29 is 0 Å². The van der Waals surface area contributed by atoms with E-state index in [1.54, 1.807) is 6.20 Å². The summed E-state index contributed by atoms with van der Waals surface area (Å²) in [5, 5.41) is 0.711. The minimum atomic E-state index is 0.694. The van der Waals surface area contributed by atoms with Crippen molar-refractivity contribution in [2.24, 2.45) is 0 Å². The molecule has 1 aromatic heterocycles. The van der Waals surface area contributed by atoms with Gasteiger partial charge in [-0.3, -0.25) is 4.90 Å². The quantitative estimate of drug-likeness (QED) is 0.764. The third kappa shape index (κ3) is 2.14. The van der Waals surface area contributed by atoms with E-state index in [0.29, 0.717) is 17.1 Å². The van der Waals surface area contributed by atoms with Crippen LogP contribution < -0.4 is 4.90 Å². The van der Waals surface area contributed by atoms with E-state index >= 15 is 0 Å². The molecule has 17 heavy (non-hydrogen) atoms. The number of nitrogens with zero attached hydrogens (tertiary/aromatic N) is 3. The molecule has 0 radical (unpaired) electrons. The number of likely N-dealkylation sites (N-methyl/N-ethyl adjacent to an activating group) is 1. The Balaban J connectivity index is 1.79. The van der Waals surface area contributed by atoms with E-state index in [1.165, 1.54) is 19.3 Å². The van der Waals surface area contributed by atoms with E-state index in [9.17, 15) is 0 Å². The first kappa shape index (κ1) is 11.3. The summed E-state index contributed by atoms with van der Waals surface area (Å²) in [6.07, 6.45) is 5.75. The van der Waals surface area contributed by atoms with Crippen LogP contribution in [0.25, 0.3) is 0 Å². The van der Waals surface area contributed by atoms with Crippen LogP contribution in [0.15, 0.2) is 18.3 Å². The molecule has 0 aliphatic carbocycles. The van der Waals surface area contributed by atoms with Crippen LogP contribution in [0.1, 0.15) is 19.3 Å². The molecule has 2 unspecified atom stereocenters. The minimum absolute atomic E-state index is 0.694. The Kier molecular flexibility index (Phi) is 2.97. The van der Waals surface area contributed by atoms with Crippen LogP contribution in [0.4, 0.5) is 5.82 Å². The van der Waals surface area contributed by atoms with Crippen LogP contribution >= 0.6 is 11.6 Å². The van der Waals surface area contributed by atoms with E-state index in [0.717, 1.165) is 18.9 Å². The van der Waals surface area contributed by atoms with Gasteiger partial charge in [-0.2, -0.15) is 0 Å². The van der Waals surface area contributed by atoms with E-state index in [1.807, 2.05) is 12.1 Å². The van der Waals surface area contributed by atoms with Crippen LogP contribution in [-0.2, 0) is 0 Å². The van der Waals surface area contributed by atoms with Crippen molar-refractivity contribution in [2.75, 3.05) is 25.0 Å². The zero-order chi connectivity index (χ0) is 11.8. The molecule has 0 amide bonds. The number of halogens is 1. The molecule has 0 saturated carbocycles. The highest BCUT2D eigenvalue weighted by Gasteiger charge is 2.35. The lowest BCUT2D eigenvalue weighted by Gasteiger charge is -2.48. The Hall–Kier alpha value is -0.800. The Bertz CT molecular complexity index is 378. The Morgan fingerprint density at radius 2 is 1.94 bits per heavy atom. The Morgan fingerprint density at radius 3 is 2.53 bits per heavy atom. The summed E-state index contributed by atoms with van der Waals surface area (Å²) in [5.41, 5.74) is 0. The van der Waals surface area contributed by atoms with Crippen molar-refractivity contribution in [2.45, 2.75) is 31.3 Å². The summed E-state index contributed by atoms with van der Waals surface area (Å²) in [4.78, 5) is 9.39. The maximum Gasteiger partial charge on any atom is 0.128 e. The van der Waals surface area contributed by atoms with Crippen LogP contribution in [-0.4, -0.2) is 42.1 Å². The lowest BCUT2D eigenvalue weighted by atomic mass is 9.92. The molecule has 2 fully saturated rings. The highest BCUT2D eigenvalue weighted by molar-refractivity contribution is 6.30. The van der Waals surface area contributed by atoms with Crippen LogP contribution in [0.5, 0.6) is 0 Å². The number of anilines is 1. The summed E-state index contributed by atoms with van der Waals surface area (Å²) in [6, 6.07) is 5.35. The molecule has 2 atom stereocenters. The first-order valence-electron chi connectivity index (χ1n) is 6.32. The van der Waals surface area contributed by atoms with Gasteiger partial charge in [0.25, 0.3) is 0 Å². The van der Waals surface area contributed by atoms with Gasteiger partial charge in [0.05, 0.1) is 5.02 Å². The number of fused-ring (bicyclic) bond motifs is 2. The summed E-state index contributed by atoms with van der Waals surface area (Å²) in [5.74, 6) is 1.07. The normalized spacial score (nSPS) is 29.4. The average molecular weight is 252 g/mol. The summed E-state index contributed by atoms with van der Waals surface area (Å²) in [7, 11) is 2.27. The molecule has 4 heteroatoms. The Morgan fingerprint density at radius 1 is 1.24 bits per heavy atom. The van der Waals surface area contributed by atoms with Crippen molar-refractivity contribution in [1.82, 2.24) is 9.88 Å². The van der Waals surface area contributed by atoms with Crippen LogP contribution in [0, 0.1) is 0 Å². The van der Waals surface area contributed by atoms with Crippen molar-refractivity contribution in [3.63, 3.8) is 0 Å². The van der Waals surface area contributed by atoms with Crippen LogP contribution in [0.2, 0.25) is 5.02 Å². The van der Waals surface area contributed by atoms with Gasteiger partial charge in [0.1, 0.15) is 5.82 Å². The summed E-state index contributed by atoms with van der Waals surface area (Å²) in [6.45, 7) is 2.20. The summed E-state index contributed by atoms with van der Waals surface area (Å²) < 4.78 is 0. The van der Waals surface area contributed by atoms with Crippen molar-refractivity contribution in [3.05, 3.63) is 23.4 Å². The van der Waals surface area contributed by atoms with Gasteiger partial charge in [-0.05, 0) is 32.0 Å². The molecule has 3 rings (SSSR count). The van der Waals surface area contributed by atoms with Crippen molar-refractivity contribution in [1.29, 1.82) is 0 Å². The Labute approximate surface area is 107 Å². The number of piperidine rings is 1. The van der Waals surface area contributed by atoms with Gasteiger partial charge in [0.2, 0.25) is 0 Å². The number of pyridine rings is 1. The van der Waals surface area contributed by atoms with Gasteiger partial charge in [-0.1, -0.05) is 18.0 Å². The highest BCUT2D eigenvalue weighted by Crippen LogP contribution is 2.29. The van der Waals surface area contributed by atoms with Crippen LogP contribution in [0.3, 0.4) is 0 Å². The minimum Gasteiger partial charge on any atom is -0.353 e. The van der Waals surface area contributed by atoms with Gasteiger partial charge < -0.3 is 4.90 Å². The molecule has 2 aliphatic rings. The predicted molar refractivity (Wildman–Crippen MR) is 70.7 cm³/mol. The molecule has 0 N–H and O–H groups in total. The average Bonchev–Trinajstić information content (AvgIpc) is 2.30. The third-order valence-electron chi connectivity index (χ3n) is 4.12. The molecule has 3 nitrogen and oxygen atoms in total. The maximum absolute atomic E-state index is 5.88. The number of aromatic nitrogens is 1. The fourth-order valence-electron chi connectivity index (χ4n) is 3.06. The van der Waals surface area contributed by atoms with Crippen molar-refractivity contribution in [3.8, 4) is 0 Å². The lowest BCUT2D eigenvalue weighted by Crippen LogP contribution is -2.59. The van der Waals surface area contributed by atoms with Crippen molar-refractivity contribution >= 4 is 17.4 Å². The standard InChI is InChI=1S/C13H18ClN3/c1-16-11-3-2-4-12(16)9-17(8-11)13-6-5-10(14)7-15-13/h5-7,11-12H,2-4,8-9H2,1H3. The maximum atomic E-state index is 5.88. The summed E-state index contributed by atoms with van der Waals surface area (Å²) >= 11 is 5.88. The predicted octanol–water partition coefficient (Wildman–Crippen LogP) is 2.41. The van der Waals surface area contributed by atoms with Gasteiger partial charge in [0, 0.05) is 31.4 Å². The van der Waals surface area contributed by atoms with E-state index < -0.39 is 0 Å². The highest BCUT2D eigenvalue weighted by atomic mass is 35.5. The fraction of sp³-hybridized carbons (Fsp3) is 0.615. The smallest absolute Gasteiger partial charge is 0.128 e. The molecule has 92 valence electrons. The number of hydrogen-bond donors (Lipinski definition) is 0. The van der Waals surface area contributed by atoms with E-state index in [2.05, 4.69) is 21.8 Å². The second-order valence-electron chi connectivity index (χ2n) is 5.14. The number of hydrogen-bond acceptors (Lipinski definition) is 3. The molecular formula is C13H18ClN3. The van der Waals surface area contributed by atoms with E-state index in [4.69, 9.17) is 11.6 Å². The third-order valence-corrected chi connectivity index (χ3v) is 4.35. The van der Waals surface area contributed by atoms with Gasteiger partial charge in [-0.25, -0.2) is 4.98 Å². The zero-order valence-corrected chi connectivity index (χ0v) is 10.9.